The molecule has 9 nitrogen and oxygen atoms in total. The third-order valence-corrected chi connectivity index (χ3v) is 7.43. The Bertz CT molecular complexity index is 1090. The molecule has 0 unspecified atom stereocenters. The number of likely N-dealkylation sites (N-methyl/N-ethyl adjacent to an activating group) is 1. The standard InChI is InChI=1S/C28H38N4O5/c1-18-15-32(19(2)17-33)27(34)24-13-21(20-9-11-23(36-4)12-10-20)14-29-26(24)37-25(18)16-31(3)28(35)30-22-7-5-6-8-22/h9-14,18-19,22,25,33H,5-8,15-17H2,1-4H3,(H,30,35)/t18-,19-,25+/m1/s1. The number of methoxy groups -OCH3 is 1. The topological polar surface area (TPSA) is 104 Å². The summed E-state index contributed by atoms with van der Waals surface area (Å²) < 4.78 is 11.6. The largest absolute Gasteiger partial charge is 0.497 e. The number of urea groups is 1. The molecular weight excluding hydrogens is 472 g/mol. The predicted octanol–water partition coefficient (Wildman–Crippen LogP) is 3.56. The lowest BCUT2D eigenvalue weighted by molar-refractivity contribution is 0.0351. The van der Waals surface area contributed by atoms with Gasteiger partial charge in [-0.1, -0.05) is 31.9 Å². The molecule has 0 spiro atoms. The Morgan fingerprint density at radius 1 is 1.27 bits per heavy atom. The van der Waals surface area contributed by atoms with Gasteiger partial charge in [0, 0.05) is 37.3 Å². The van der Waals surface area contributed by atoms with E-state index in [4.69, 9.17) is 9.47 Å². The van der Waals surface area contributed by atoms with Gasteiger partial charge in [-0.05, 0) is 43.5 Å². The second-order valence-electron chi connectivity index (χ2n) is 10.2. The number of nitrogens with zero attached hydrogens (tertiary/aromatic N) is 3. The molecule has 1 saturated carbocycles. The van der Waals surface area contributed by atoms with Crippen LogP contribution in [0.4, 0.5) is 4.79 Å². The summed E-state index contributed by atoms with van der Waals surface area (Å²) in [5.74, 6) is 0.634. The molecule has 0 radical (unpaired) electrons. The van der Waals surface area contributed by atoms with Crippen LogP contribution in [0.15, 0.2) is 36.5 Å². The first-order valence-electron chi connectivity index (χ1n) is 13.0. The zero-order valence-corrected chi connectivity index (χ0v) is 22.1. The summed E-state index contributed by atoms with van der Waals surface area (Å²) in [6.07, 6.45) is 5.61. The lowest BCUT2D eigenvalue weighted by Crippen LogP contribution is -2.52. The SMILES string of the molecule is COc1ccc(-c2cnc3c(c2)C(=O)N([C@H](C)CO)C[C@@H](C)[C@H](CN(C)C(=O)NC2CCCC2)O3)cc1. The summed E-state index contributed by atoms with van der Waals surface area (Å²) in [6.45, 7) is 4.39. The normalized spacial score (nSPS) is 20.9. The summed E-state index contributed by atoms with van der Waals surface area (Å²) in [5.41, 5.74) is 2.00. The van der Waals surface area contributed by atoms with E-state index in [-0.39, 0.29) is 48.5 Å². The van der Waals surface area contributed by atoms with Crippen molar-refractivity contribution in [1.29, 1.82) is 0 Å². The fraction of sp³-hybridized carbons (Fsp3) is 0.536. The Labute approximate surface area is 218 Å². The minimum atomic E-state index is -0.390. The van der Waals surface area contributed by atoms with E-state index in [0.29, 0.717) is 18.7 Å². The molecule has 1 fully saturated rings. The van der Waals surface area contributed by atoms with Gasteiger partial charge in [0.2, 0.25) is 5.88 Å². The summed E-state index contributed by atoms with van der Waals surface area (Å²) in [7, 11) is 3.38. The van der Waals surface area contributed by atoms with Crippen LogP contribution >= 0.6 is 0 Å². The fourth-order valence-corrected chi connectivity index (χ4v) is 4.97. The average molecular weight is 511 g/mol. The monoisotopic (exact) mass is 510 g/mol. The highest BCUT2D eigenvalue weighted by Crippen LogP contribution is 2.31. The Kier molecular flexibility index (Phi) is 8.53. The number of fused-ring (bicyclic) bond motifs is 1. The van der Waals surface area contributed by atoms with Gasteiger partial charge in [0.15, 0.2) is 0 Å². The van der Waals surface area contributed by atoms with Crippen molar-refractivity contribution in [1.82, 2.24) is 20.1 Å². The molecule has 3 atom stereocenters. The van der Waals surface area contributed by atoms with Gasteiger partial charge in [-0.3, -0.25) is 4.79 Å². The van der Waals surface area contributed by atoms with Crippen molar-refractivity contribution in [3.63, 3.8) is 0 Å². The quantitative estimate of drug-likeness (QED) is 0.590. The summed E-state index contributed by atoms with van der Waals surface area (Å²) in [5, 5.41) is 13.0. The Morgan fingerprint density at radius 3 is 2.62 bits per heavy atom. The highest BCUT2D eigenvalue weighted by Gasteiger charge is 2.35. The van der Waals surface area contributed by atoms with Crippen LogP contribution in [-0.4, -0.2) is 83.9 Å². The number of aliphatic hydroxyl groups is 1. The number of benzene rings is 1. The molecule has 4 rings (SSSR count). The number of hydrogen-bond acceptors (Lipinski definition) is 6. The van der Waals surface area contributed by atoms with E-state index in [1.165, 1.54) is 0 Å². The first kappa shape index (κ1) is 26.7. The highest BCUT2D eigenvalue weighted by atomic mass is 16.5. The van der Waals surface area contributed by atoms with Crippen LogP contribution in [0, 0.1) is 5.92 Å². The number of nitrogens with one attached hydrogen (secondary N) is 1. The summed E-state index contributed by atoms with van der Waals surface area (Å²) in [6, 6.07) is 9.04. The van der Waals surface area contributed by atoms with E-state index in [9.17, 15) is 14.7 Å². The minimum absolute atomic E-state index is 0.101. The van der Waals surface area contributed by atoms with Crippen molar-refractivity contribution < 1.29 is 24.2 Å². The first-order chi connectivity index (χ1) is 17.8. The van der Waals surface area contributed by atoms with Crippen molar-refractivity contribution in [2.24, 2.45) is 5.92 Å². The number of hydrogen-bond donors (Lipinski definition) is 2. The third-order valence-electron chi connectivity index (χ3n) is 7.43. The maximum atomic E-state index is 13.7. The van der Waals surface area contributed by atoms with Gasteiger partial charge < -0.3 is 29.7 Å². The summed E-state index contributed by atoms with van der Waals surface area (Å²) >= 11 is 0. The van der Waals surface area contributed by atoms with Crippen molar-refractivity contribution >= 4 is 11.9 Å². The Hall–Kier alpha value is -3.33. The molecule has 1 aliphatic heterocycles. The summed E-state index contributed by atoms with van der Waals surface area (Å²) in [4.78, 5) is 34.4. The van der Waals surface area contributed by atoms with E-state index in [1.807, 2.05) is 38.1 Å². The number of carbonyl (C=O) groups is 2. The maximum absolute atomic E-state index is 13.7. The maximum Gasteiger partial charge on any atom is 0.317 e. The molecule has 9 heteroatoms. The van der Waals surface area contributed by atoms with Gasteiger partial charge in [-0.25, -0.2) is 9.78 Å². The van der Waals surface area contributed by atoms with E-state index in [1.54, 1.807) is 36.2 Å². The first-order valence-corrected chi connectivity index (χ1v) is 13.0. The second-order valence-corrected chi connectivity index (χ2v) is 10.2. The number of aromatic nitrogens is 1. The van der Waals surface area contributed by atoms with E-state index < -0.39 is 0 Å². The molecule has 37 heavy (non-hydrogen) atoms. The van der Waals surface area contributed by atoms with Crippen molar-refractivity contribution in [3.8, 4) is 22.8 Å². The van der Waals surface area contributed by atoms with Gasteiger partial charge in [-0.2, -0.15) is 0 Å². The van der Waals surface area contributed by atoms with Crippen LogP contribution in [0.3, 0.4) is 0 Å². The van der Waals surface area contributed by atoms with Crippen LogP contribution < -0.4 is 14.8 Å². The van der Waals surface area contributed by atoms with Crippen molar-refractivity contribution in [2.45, 2.75) is 57.7 Å². The van der Waals surface area contributed by atoms with E-state index >= 15 is 0 Å². The minimum Gasteiger partial charge on any atom is -0.497 e. The number of aliphatic hydroxyl groups excluding tert-OH is 1. The zero-order valence-electron chi connectivity index (χ0n) is 22.1. The molecular formula is C28H38N4O5. The van der Waals surface area contributed by atoms with Crippen LogP contribution in [0.5, 0.6) is 11.6 Å². The molecule has 1 aromatic heterocycles. The van der Waals surface area contributed by atoms with Crippen LogP contribution in [0.25, 0.3) is 11.1 Å². The molecule has 3 amide bonds. The smallest absolute Gasteiger partial charge is 0.317 e. The Balaban J connectivity index is 1.62. The molecule has 1 aliphatic carbocycles. The van der Waals surface area contributed by atoms with Crippen LogP contribution in [0.1, 0.15) is 49.9 Å². The van der Waals surface area contributed by atoms with Gasteiger partial charge >= 0.3 is 6.03 Å². The molecule has 0 saturated heterocycles. The molecule has 0 bridgehead atoms. The van der Waals surface area contributed by atoms with Gasteiger partial charge in [-0.15, -0.1) is 0 Å². The van der Waals surface area contributed by atoms with Crippen LogP contribution in [-0.2, 0) is 0 Å². The second kappa shape index (κ2) is 11.8. The molecule has 200 valence electrons. The number of ether oxygens (including phenoxy) is 2. The van der Waals surface area contributed by atoms with Gasteiger partial charge in [0.05, 0.1) is 26.3 Å². The Morgan fingerprint density at radius 2 is 1.97 bits per heavy atom. The molecule has 1 aromatic carbocycles. The third kappa shape index (κ3) is 6.15. The fourth-order valence-electron chi connectivity index (χ4n) is 4.97. The zero-order chi connectivity index (χ0) is 26.5. The van der Waals surface area contributed by atoms with Crippen LogP contribution in [0.2, 0.25) is 0 Å². The molecule has 2 N–H and O–H groups in total. The average Bonchev–Trinajstić information content (AvgIpc) is 3.43. The molecule has 2 aliphatic rings. The lowest BCUT2D eigenvalue weighted by atomic mass is 9.99. The number of carbonyl (C=O) groups excluding carboxylic acids is 2. The van der Waals surface area contributed by atoms with Crippen molar-refractivity contribution in [3.05, 3.63) is 42.1 Å². The molecule has 2 aromatic rings. The van der Waals surface area contributed by atoms with E-state index in [2.05, 4.69) is 10.3 Å². The number of amides is 3. The van der Waals surface area contributed by atoms with Crippen molar-refractivity contribution in [2.75, 3.05) is 33.9 Å². The van der Waals surface area contributed by atoms with Gasteiger partial charge in [0.25, 0.3) is 5.91 Å². The van der Waals surface area contributed by atoms with Gasteiger partial charge in [0.1, 0.15) is 17.4 Å². The van der Waals surface area contributed by atoms with E-state index in [0.717, 1.165) is 42.6 Å². The number of pyridine rings is 1. The lowest BCUT2D eigenvalue weighted by Gasteiger charge is -2.37. The number of rotatable bonds is 7. The highest BCUT2D eigenvalue weighted by molar-refractivity contribution is 5.98. The molecule has 2 heterocycles. The predicted molar refractivity (Wildman–Crippen MR) is 141 cm³/mol.